The van der Waals surface area contributed by atoms with Gasteiger partial charge >= 0.3 is 6.18 Å². The summed E-state index contributed by atoms with van der Waals surface area (Å²) in [5.74, 6) is 0.219. The number of alkyl halides is 3. The summed E-state index contributed by atoms with van der Waals surface area (Å²) < 4.78 is 43.1. The first-order valence-corrected chi connectivity index (χ1v) is 9.11. The van der Waals surface area contributed by atoms with Crippen molar-refractivity contribution in [3.63, 3.8) is 0 Å². The lowest BCUT2D eigenvalue weighted by Gasteiger charge is -2.08. The number of halogens is 3. The van der Waals surface area contributed by atoms with Crippen molar-refractivity contribution in [1.82, 2.24) is 15.3 Å². The van der Waals surface area contributed by atoms with E-state index in [2.05, 4.69) is 15.3 Å². The molecule has 1 amide bonds. The summed E-state index contributed by atoms with van der Waals surface area (Å²) in [5, 5.41) is 5.06. The van der Waals surface area contributed by atoms with Crippen LogP contribution >= 0.6 is 11.3 Å². The predicted molar refractivity (Wildman–Crippen MR) is 98.9 cm³/mol. The maximum Gasteiger partial charge on any atom is 0.416 e. The molecule has 2 heterocycles. The third kappa shape index (κ3) is 4.86. The summed E-state index contributed by atoms with van der Waals surface area (Å²) in [5.41, 5.74) is 1.17. The van der Waals surface area contributed by atoms with E-state index < -0.39 is 11.7 Å². The number of hydrogen-bond acceptors (Lipinski definition) is 5. The minimum Gasteiger partial charge on any atom is -0.481 e. The highest BCUT2D eigenvalue weighted by molar-refractivity contribution is 7.13. The molecule has 0 bridgehead atoms. The van der Waals surface area contributed by atoms with E-state index in [0.29, 0.717) is 22.1 Å². The number of carbonyl (C=O) groups excluding carboxylic acids is 1. The zero-order valence-electron chi connectivity index (χ0n) is 14.8. The average molecular weight is 407 g/mol. The highest BCUT2D eigenvalue weighted by Crippen LogP contribution is 2.31. The Kier molecular flexibility index (Phi) is 5.93. The van der Waals surface area contributed by atoms with Gasteiger partial charge in [0.2, 0.25) is 11.8 Å². The van der Waals surface area contributed by atoms with Crippen LogP contribution in [0.15, 0.2) is 48.0 Å². The predicted octanol–water partition coefficient (Wildman–Crippen LogP) is 4.09. The van der Waals surface area contributed by atoms with Crippen LogP contribution in [-0.2, 0) is 23.9 Å². The number of thiazole rings is 1. The maximum atomic E-state index is 12.6. The van der Waals surface area contributed by atoms with Crippen LogP contribution in [0.25, 0.3) is 10.6 Å². The molecule has 146 valence electrons. The number of benzene rings is 1. The number of aromatic nitrogens is 2. The van der Waals surface area contributed by atoms with Crippen molar-refractivity contribution in [2.75, 3.05) is 7.11 Å². The van der Waals surface area contributed by atoms with Crippen molar-refractivity contribution in [3.8, 4) is 16.5 Å². The zero-order valence-corrected chi connectivity index (χ0v) is 15.6. The van der Waals surface area contributed by atoms with Gasteiger partial charge in [0.15, 0.2) is 0 Å². The van der Waals surface area contributed by atoms with Crippen LogP contribution in [0.4, 0.5) is 13.2 Å². The quantitative estimate of drug-likeness (QED) is 0.669. The largest absolute Gasteiger partial charge is 0.481 e. The van der Waals surface area contributed by atoms with Gasteiger partial charge in [-0.2, -0.15) is 13.2 Å². The Morgan fingerprint density at radius 1 is 1.21 bits per heavy atom. The summed E-state index contributed by atoms with van der Waals surface area (Å²) in [6.45, 7) is 0.270. The molecule has 0 saturated carbocycles. The Morgan fingerprint density at radius 3 is 2.64 bits per heavy atom. The lowest BCUT2D eigenvalue weighted by molar-refractivity contribution is -0.137. The molecule has 3 rings (SSSR count). The Bertz CT molecular complexity index is 956. The van der Waals surface area contributed by atoms with Crippen LogP contribution in [0, 0.1) is 0 Å². The molecule has 0 unspecified atom stereocenters. The van der Waals surface area contributed by atoms with Gasteiger partial charge in [-0.1, -0.05) is 18.2 Å². The molecule has 1 aromatic carbocycles. The summed E-state index contributed by atoms with van der Waals surface area (Å²) in [6.07, 6.45) is -2.70. The standard InChI is InChI=1S/C19H16F3N3O2S/c1-27-17-13(3-2-8-23-17)10-24-16(26)9-15-11-28-18(25-15)12-4-6-14(7-5-12)19(20,21)22/h2-8,11H,9-10H2,1H3,(H,24,26). The number of methoxy groups -OCH3 is 1. The van der Waals surface area contributed by atoms with Crippen molar-refractivity contribution < 1.29 is 22.7 Å². The Hall–Kier alpha value is -2.94. The number of nitrogens with zero attached hydrogens (tertiary/aromatic N) is 2. The average Bonchev–Trinajstić information content (AvgIpc) is 3.14. The van der Waals surface area contributed by atoms with E-state index >= 15 is 0 Å². The summed E-state index contributed by atoms with van der Waals surface area (Å²) in [7, 11) is 1.51. The first-order chi connectivity index (χ1) is 13.4. The first kappa shape index (κ1) is 19.8. The second kappa shape index (κ2) is 8.39. The molecule has 0 fully saturated rings. The Morgan fingerprint density at radius 2 is 1.96 bits per heavy atom. The third-order valence-electron chi connectivity index (χ3n) is 3.87. The Balaban J connectivity index is 1.60. The van der Waals surface area contributed by atoms with Crippen LogP contribution in [-0.4, -0.2) is 23.0 Å². The number of hydrogen-bond donors (Lipinski definition) is 1. The molecule has 0 saturated heterocycles. The lowest BCUT2D eigenvalue weighted by atomic mass is 10.1. The molecular weight excluding hydrogens is 391 g/mol. The number of carbonyl (C=O) groups is 1. The van der Waals surface area contributed by atoms with Gasteiger partial charge in [0.1, 0.15) is 5.01 Å². The summed E-state index contributed by atoms with van der Waals surface area (Å²) in [6, 6.07) is 8.34. The highest BCUT2D eigenvalue weighted by atomic mass is 32.1. The van der Waals surface area contributed by atoms with Gasteiger partial charge in [0.25, 0.3) is 0 Å². The van der Waals surface area contributed by atoms with E-state index in [1.54, 1.807) is 23.7 Å². The van der Waals surface area contributed by atoms with E-state index in [4.69, 9.17) is 4.74 Å². The zero-order chi connectivity index (χ0) is 20.1. The topological polar surface area (TPSA) is 64.1 Å². The molecule has 0 radical (unpaired) electrons. The smallest absolute Gasteiger partial charge is 0.416 e. The van der Waals surface area contributed by atoms with Crippen molar-refractivity contribution in [2.45, 2.75) is 19.1 Å². The van der Waals surface area contributed by atoms with E-state index in [9.17, 15) is 18.0 Å². The van der Waals surface area contributed by atoms with Gasteiger partial charge in [0.05, 0.1) is 24.8 Å². The van der Waals surface area contributed by atoms with E-state index in [0.717, 1.165) is 17.7 Å². The third-order valence-corrected chi connectivity index (χ3v) is 4.81. The highest BCUT2D eigenvalue weighted by Gasteiger charge is 2.30. The molecule has 5 nitrogen and oxygen atoms in total. The molecule has 0 aliphatic heterocycles. The van der Waals surface area contributed by atoms with Gasteiger partial charge < -0.3 is 10.1 Å². The second-order valence-electron chi connectivity index (χ2n) is 5.84. The fourth-order valence-electron chi connectivity index (χ4n) is 2.49. The number of ether oxygens (including phenoxy) is 1. The Labute approximate surface area is 163 Å². The van der Waals surface area contributed by atoms with E-state index in [1.165, 1.54) is 30.6 Å². The van der Waals surface area contributed by atoms with Crippen LogP contribution in [0.2, 0.25) is 0 Å². The molecule has 0 aliphatic carbocycles. The van der Waals surface area contributed by atoms with Crippen molar-refractivity contribution in [2.24, 2.45) is 0 Å². The minimum atomic E-state index is -4.37. The molecule has 3 aromatic rings. The molecule has 1 N–H and O–H groups in total. The monoisotopic (exact) mass is 407 g/mol. The van der Waals surface area contributed by atoms with Gasteiger partial charge in [-0.05, 0) is 18.2 Å². The van der Waals surface area contributed by atoms with Gasteiger partial charge in [-0.25, -0.2) is 9.97 Å². The SMILES string of the molecule is COc1ncccc1CNC(=O)Cc1csc(-c2ccc(C(F)(F)F)cc2)n1. The molecular formula is C19H16F3N3O2S. The molecule has 2 aromatic heterocycles. The van der Waals surface area contributed by atoms with Gasteiger partial charge in [-0.3, -0.25) is 4.79 Å². The number of pyridine rings is 1. The van der Waals surface area contributed by atoms with E-state index in [1.807, 2.05) is 0 Å². The fraction of sp³-hybridized carbons (Fsp3) is 0.211. The molecule has 0 aliphatic rings. The van der Waals surface area contributed by atoms with Crippen molar-refractivity contribution in [1.29, 1.82) is 0 Å². The summed E-state index contributed by atoms with van der Waals surface area (Å²) >= 11 is 1.28. The normalized spacial score (nSPS) is 11.3. The summed E-state index contributed by atoms with van der Waals surface area (Å²) in [4.78, 5) is 20.6. The molecule has 28 heavy (non-hydrogen) atoms. The van der Waals surface area contributed by atoms with Crippen LogP contribution in [0.5, 0.6) is 5.88 Å². The number of nitrogens with one attached hydrogen (secondary N) is 1. The van der Waals surface area contributed by atoms with Crippen LogP contribution in [0.1, 0.15) is 16.8 Å². The number of amides is 1. The molecule has 0 atom stereocenters. The molecule has 0 spiro atoms. The minimum absolute atomic E-state index is 0.0692. The maximum absolute atomic E-state index is 12.6. The second-order valence-corrected chi connectivity index (χ2v) is 6.70. The van der Waals surface area contributed by atoms with Crippen molar-refractivity contribution in [3.05, 3.63) is 64.8 Å². The van der Waals surface area contributed by atoms with Gasteiger partial charge in [0, 0.05) is 29.2 Å². The fourth-order valence-corrected chi connectivity index (χ4v) is 3.31. The van der Waals surface area contributed by atoms with Crippen molar-refractivity contribution >= 4 is 17.2 Å². The lowest BCUT2D eigenvalue weighted by Crippen LogP contribution is -2.25. The van der Waals surface area contributed by atoms with Gasteiger partial charge in [-0.15, -0.1) is 11.3 Å². The van der Waals surface area contributed by atoms with Crippen LogP contribution < -0.4 is 10.1 Å². The van der Waals surface area contributed by atoms with E-state index in [-0.39, 0.29) is 18.9 Å². The first-order valence-electron chi connectivity index (χ1n) is 8.23. The number of rotatable bonds is 6. The van der Waals surface area contributed by atoms with Crippen LogP contribution in [0.3, 0.4) is 0 Å². The molecule has 9 heteroatoms.